The number of rotatable bonds is 7. The molecule has 1 aliphatic heterocycles. The van der Waals surface area contributed by atoms with Crippen molar-refractivity contribution in [3.63, 3.8) is 0 Å². The van der Waals surface area contributed by atoms with Crippen LogP contribution in [0.5, 0.6) is 0 Å². The molecule has 1 fully saturated rings. The zero-order chi connectivity index (χ0) is 17.5. The second-order valence-corrected chi connectivity index (χ2v) is 6.87. The van der Waals surface area contributed by atoms with Crippen molar-refractivity contribution in [2.24, 2.45) is 5.92 Å². The van der Waals surface area contributed by atoms with Crippen molar-refractivity contribution < 1.29 is 14.3 Å². The third-order valence-corrected chi connectivity index (χ3v) is 4.48. The molecular formula is C18H25ClN2O3. The molecule has 1 aromatic carbocycles. The van der Waals surface area contributed by atoms with Gasteiger partial charge >= 0.3 is 0 Å². The summed E-state index contributed by atoms with van der Waals surface area (Å²) < 4.78 is 5.47. The summed E-state index contributed by atoms with van der Waals surface area (Å²) in [6.07, 6.45) is 2.81. The first-order valence-corrected chi connectivity index (χ1v) is 8.76. The second-order valence-electron chi connectivity index (χ2n) is 6.46. The number of amides is 2. The molecule has 24 heavy (non-hydrogen) atoms. The Morgan fingerprint density at radius 1 is 1.33 bits per heavy atom. The predicted molar refractivity (Wildman–Crippen MR) is 95.2 cm³/mol. The Balaban J connectivity index is 1.70. The van der Waals surface area contributed by atoms with Crippen molar-refractivity contribution in [1.82, 2.24) is 5.32 Å². The molecule has 2 N–H and O–H groups in total. The van der Waals surface area contributed by atoms with E-state index in [-0.39, 0.29) is 23.8 Å². The molecular weight excluding hydrogens is 328 g/mol. The van der Waals surface area contributed by atoms with Crippen LogP contribution in [0.1, 0.15) is 38.2 Å². The molecule has 1 aliphatic rings. The van der Waals surface area contributed by atoms with Crippen LogP contribution in [0.15, 0.2) is 18.2 Å². The molecule has 0 saturated carbocycles. The zero-order valence-electron chi connectivity index (χ0n) is 14.2. The van der Waals surface area contributed by atoms with E-state index in [1.807, 2.05) is 26.0 Å². The van der Waals surface area contributed by atoms with Gasteiger partial charge in [-0.25, -0.2) is 0 Å². The van der Waals surface area contributed by atoms with Crippen LogP contribution in [0.3, 0.4) is 0 Å². The SMILES string of the molecule is Cc1ccc(NC(=O)C[C@@H](C)CC(=O)NC[C@H]2CCCO2)cc1Cl. The van der Waals surface area contributed by atoms with Crippen LogP contribution in [-0.4, -0.2) is 31.1 Å². The fourth-order valence-electron chi connectivity index (χ4n) is 2.69. The average molecular weight is 353 g/mol. The van der Waals surface area contributed by atoms with Gasteiger partial charge in [0.2, 0.25) is 11.8 Å². The van der Waals surface area contributed by atoms with Gasteiger partial charge in [0.05, 0.1) is 6.10 Å². The summed E-state index contributed by atoms with van der Waals surface area (Å²) >= 11 is 6.05. The minimum atomic E-state index is -0.116. The van der Waals surface area contributed by atoms with E-state index in [0.29, 0.717) is 30.1 Å². The molecule has 0 bridgehead atoms. The van der Waals surface area contributed by atoms with Crippen molar-refractivity contribution in [2.45, 2.75) is 45.6 Å². The van der Waals surface area contributed by atoms with Crippen LogP contribution in [0.4, 0.5) is 5.69 Å². The second kappa shape index (κ2) is 9.04. The minimum Gasteiger partial charge on any atom is -0.376 e. The lowest BCUT2D eigenvalue weighted by atomic mass is 10.0. The van der Waals surface area contributed by atoms with E-state index in [1.54, 1.807) is 6.07 Å². The Bertz CT molecular complexity index is 586. The molecule has 1 aromatic rings. The van der Waals surface area contributed by atoms with Crippen LogP contribution < -0.4 is 10.6 Å². The molecule has 6 heteroatoms. The number of anilines is 1. The number of hydrogen-bond acceptors (Lipinski definition) is 3. The number of halogens is 1. The van der Waals surface area contributed by atoms with Crippen molar-refractivity contribution in [1.29, 1.82) is 0 Å². The molecule has 2 atom stereocenters. The summed E-state index contributed by atoms with van der Waals surface area (Å²) in [6, 6.07) is 5.41. The number of hydrogen-bond donors (Lipinski definition) is 2. The highest BCUT2D eigenvalue weighted by atomic mass is 35.5. The van der Waals surface area contributed by atoms with Gasteiger partial charge < -0.3 is 15.4 Å². The third-order valence-electron chi connectivity index (χ3n) is 4.07. The molecule has 132 valence electrons. The lowest BCUT2D eigenvalue weighted by Gasteiger charge is -2.14. The molecule has 5 nitrogen and oxygen atoms in total. The van der Waals surface area contributed by atoms with E-state index in [1.165, 1.54) is 0 Å². The number of aryl methyl sites for hydroxylation is 1. The predicted octanol–water partition coefficient (Wildman–Crippen LogP) is 3.30. The number of nitrogens with one attached hydrogen (secondary N) is 2. The monoisotopic (exact) mass is 352 g/mol. The Hall–Kier alpha value is -1.59. The summed E-state index contributed by atoms with van der Waals surface area (Å²) in [5, 5.41) is 6.31. The van der Waals surface area contributed by atoms with E-state index in [0.717, 1.165) is 25.0 Å². The summed E-state index contributed by atoms with van der Waals surface area (Å²) in [5.74, 6) is -0.186. The molecule has 1 heterocycles. The van der Waals surface area contributed by atoms with Crippen molar-refractivity contribution >= 4 is 29.1 Å². The first-order chi connectivity index (χ1) is 11.4. The highest BCUT2D eigenvalue weighted by Gasteiger charge is 2.18. The van der Waals surface area contributed by atoms with Crippen LogP contribution in [0.25, 0.3) is 0 Å². The van der Waals surface area contributed by atoms with E-state index in [4.69, 9.17) is 16.3 Å². The largest absolute Gasteiger partial charge is 0.376 e. The van der Waals surface area contributed by atoms with Gasteiger partial charge in [-0.3, -0.25) is 9.59 Å². The van der Waals surface area contributed by atoms with Crippen molar-refractivity contribution in [2.75, 3.05) is 18.5 Å². The minimum absolute atomic E-state index is 0.0320. The van der Waals surface area contributed by atoms with Gasteiger partial charge in [-0.15, -0.1) is 0 Å². The van der Waals surface area contributed by atoms with Crippen LogP contribution in [0, 0.1) is 12.8 Å². The average Bonchev–Trinajstić information content (AvgIpc) is 3.02. The first kappa shape index (κ1) is 18.7. The zero-order valence-corrected chi connectivity index (χ0v) is 15.0. The fourth-order valence-corrected chi connectivity index (χ4v) is 2.87. The van der Waals surface area contributed by atoms with E-state index < -0.39 is 0 Å². The van der Waals surface area contributed by atoms with Gasteiger partial charge in [-0.2, -0.15) is 0 Å². The van der Waals surface area contributed by atoms with Gasteiger partial charge in [0, 0.05) is 36.7 Å². The highest BCUT2D eigenvalue weighted by molar-refractivity contribution is 6.31. The van der Waals surface area contributed by atoms with E-state index in [2.05, 4.69) is 10.6 Å². The standard InChI is InChI=1S/C18H25ClN2O3/c1-12(8-17(22)20-11-15-4-3-7-24-15)9-18(23)21-14-6-5-13(2)16(19)10-14/h5-6,10,12,15H,3-4,7-9,11H2,1-2H3,(H,20,22)(H,21,23)/t12-,15+/m0/s1. The smallest absolute Gasteiger partial charge is 0.224 e. The van der Waals surface area contributed by atoms with Crippen LogP contribution >= 0.6 is 11.6 Å². The van der Waals surface area contributed by atoms with Gasteiger partial charge in [0.1, 0.15) is 0 Å². The van der Waals surface area contributed by atoms with E-state index >= 15 is 0 Å². The quantitative estimate of drug-likeness (QED) is 0.791. The molecule has 0 aliphatic carbocycles. The van der Waals surface area contributed by atoms with Crippen LogP contribution in [-0.2, 0) is 14.3 Å². The van der Waals surface area contributed by atoms with Gasteiger partial charge in [0.25, 0.3) is 0 Å². The maximum absolute atomic E-state index is 12.1. The summed E-state index contributed by atoms with van der Waals surface area (Å²) in [7, 11) is 0. The summed E-state index contributed by atoms with van der Waals surface area (Å²) in [4.78, 5) is 24.0. The maximum atomic E-state index is 12.1. The van der Waals surface area contributed by atoms with Gasteiger partial charge in [0.15, 0.2) is 0 Å². The molecule has 0 radical (unpaired) electrons. The number of carbonyl (C=O) groups is 2. The number of benzene rings is 1. The highest BCUT2D eigenvalue weighted by Crippen LogP contribution is 2.20. The Morgan fingerprint density at radius 3 is 2.75 bits per heavy atom. The first-order valence-electron chi connectivity index (χ1n) is 8.38. The molecule has 2 rings (SSSR count). The normalized spacial score (nSPS) is 18.2. The van der Waals surface area contributed by atoms with Gasteiger partial charge in [-0.1, -0.05) is 24.6 Å². The topological polar surface area (TPSA) is 67.4 Å². The van der Waals surface area contributed by atoms with Crippen molar-refractivity contribution in [3.05, 3.63) is 28.8 Å². The number of ether oxygens (including phenoxy) is 1. The molecule has 0 aromatic heterocycles. The Morgan fingerprint density at radius 2 is 2.08 bits per heavy atom. The third kappa shape index (κ3) is 6.13. The molecule has 0 unspecified atom stereocenters. The summed E-state index contributed by atoms with van der Waals surface area (Å²) in [5.41, 5.74) is 1.64. The Kier molecular flexibility index (Phi) is 7.06. The van der Waals surface area contributed by atoms with Gasteiger partial charge in [-0.05, 0) is 43.4 Å². The maximum Gasteiger partial charge on any atom is 0.224 e. The Labute approximate surface area is 148 Å². The lowest BCUT2D eigenvalue weighted by molar-refractivity contribution is -0.122. The van der Waals surface area contributed by atoms with Crippen molar-refractivity contribution in [3.8, 4) is 0 Å². The number of carbonyl (C=O) groups excluding carboxylic acids is 2. The summed E-state index contributed by atoms with van der Waals surface area (Å²) in [6.45, 7) is 5.14. The molecule has 2 amide bonds. The van der Waals surface area contributed by atoms with Crippen LogP contribution in [0.2, 0.25) is 5.02 Å². The lowest BCUT2D eigenvalue weighted by Crippen LogP contribution is -2.33. The fraction of sp³-hybridized carbons (Fsp3) is 0.556. The molecule has 1 saturated heterocycles. The molecule has 0 spiro atoms. The van der Waals surface area contributed by atoms with E-state index in [9.17, 15) is 9.59 Å².